The molecule has 4 heteroatoms. The van der Waals surface area contributed by atoms with Crippen LogP contribution in [0.5, 0.6) is 17.2 Å². The van der Waals surface area contributed by atoms with Gasteiger partial charge in [0.05, 0.1) is 18.7 Å². The number of hydrogen-bond acceptors (Lipinski definition) is 4. The minimum absolute atomic E-state index is 0.222. The van der Waals surface area contributed by atoms with Crippen molar-refractivity contribution in [3.8, 4) is 23.3 Å². The quantitative estimate of drug-likeness (QED) is 0.912. The smallest absolute Gasteiger partial charge is 0.162 e. The summed E-state index contributed by atoms with van der Waals surface area (Å²) >= 11 is 0. The molecule has 1 N–H and O–H groups in total. The summed E-state index contributed by atoms with van der Waals surface area (Å²) in [5.41, 5.74) is 1.46. The van der Waals surface area contributed by atoms with Crippen molar-refractivity contribution in [2.45, 2.75) is 6.61 Å². The predicted molar refractivity (Wildman–Crippen MR) is 70.1 cm³/mol. The molecule has 0 amide bonds. The van der Waals surface area contributed by atoms with Gasteiger partial charge in [0.1, 0.15) is 12.4 Å². The summed E-state index contributed by atoms with van der Waals surface area (Å²) in [6, 6.07) is 13.8. The maximum Gasteiger partial charge on any atom is 0.162 e. The van der Waals surface area contributed by atoms with Crippen LogP contribution >= 0.6 is 0 Å². The molecule has 0 spiro atoms. The van der Waals surface area contributed by atoms with Gasteiger partial charge in [-0.25, -0.2) is 0 Å². The predicted octanol–water partition coefficient (Wildman–Crippen LogP) is 2.85. The van der Waals surface area contributed by atoms with Gasteiger partial charge in [0.15, 0.2) is 11.5 Å². The summed E-state index contributed by atoms with van der Waals surface area (Å²) in [5, 5.41) is 18.0. The van der Waals surface area contributed by atoms with Gasteiger partial charge in [-0.1, -0.05) is 12.1 Å². The SMILES string of the molecule is COc1cc(C#N)ccc1OCc1ccc(O)cc1. The molecule has 0 heterocycles. The fourth-order valence-electron chi connectivity index (χ4n) is 1.61. The summed E-state index contributed by atoms with van der Waals surface area (Å²) < 4.78 is 10.8. The van der Waals surface area contributed by atoms with Gasteiger partial charge < -0.3 is 14.6 Å². The highest BCUT2D eigenvalue weighted by Gasteiger charge is 2.06. The molecule has 96 valence electrons. The van der Waals surface area contributed by atoms with E-state index in [0.29, 0.717) is 23.7 Å². The topological polar surface area (TPSA) is 62.5 Å². The average Bonchev–Trinajstić information content (AvgIpc) is 2.46. The van der Waals surface area contributed by atoms with Crippen molar-refractivity contribution in [1.82, 2.24) is 0 Å². The van der Waals surface area contributed by atoms with Crippen molar-refractivity contribution >= 4 is 0 Å². The van der Waals surface area contributed by atoms with E-state index < -0.39 is 0 Å². The lowest BCUT2D eigenvalue weighted by Crippen LogP contribution is -1.97. The van der Waals surface area contributed by atoms with Crippen LogP contribution in [-0.2, 0) is 6.61 Å². The van der Waals surface area contributed by atoms with Crippen molar-refractivity contribution < 1.29 is 14.6 Å². The third-order valence-electron chi connectivity index (χ3n) is 2.62. The van der Waals surface area contributed by atoms with E-state index in [-0.39, 0.29) is 5.75 Å². The molecule has 0 aliphatic rings. The van der Waals surface area contributed by atoms with E-state index >= 15 is 0 Å². The molecule has 0 fully saturated rings. The van der Waals surface area contributed by atoms with E-state index in [0.717, 1.165) is 5.56 Å². The first-order valence-electron chi connectivity index (χ1n) is 5.72. The van der Waals surface area contributed by atoms with Gasteiger partial charge in [-0.2, -0.15) is 5.26 Å². The average molecular weight is 255 g/mol. The molecule has 0 radical (unpaired) electrons. The second-order valence-electron chi connectivity index (χ2n) is 3.93. The fourth-order valence-corrected chi connectivity index (χ4v) is 1.61. The lowest BCUT2D eigenvalue weighted by atomic mass is 10.2. The summed E-state index contributed by atoms with van der Waals surface area (Å²) in [7, 11) is 1.53. The largest absolute Gasteiger partial charge is 0.508 e. The summed E-state index contributed by atoms with van der Waals surface area (Å²) in [6.45, 7) is 0.364. The number of benzene rings is 2. The zero-order valence-corrected chi connectivity index (χ0v) is 10.5. The Labute approximate surface area is 111 Å². The molecule has 4 nitrogen and oxygen atoms in total. The Morgan fingerprint density at radius 1 is 1.11 bits per heavy atom. The molecule has 0 saturated carbocycles. The van der Waals surface area contributed by atoms with Crippen LogP contribution in [0, 0.1) is 11.3 Å². The van der Waals surface area contributed by atoms with Crippen molar-refractivity contribution in [2.24, 2.45) is 0 Å². The number of nitriles is 1. The minimum Gasteiger partial charge on any atom is -0.508 e. The first-order valence-corrected chi connectivity index (χ1v) is 5.72. The number of nitrogens with zero attached hydrogens (tertiary/aromatic N) is 1. The summed E-state index contributed by atoms with van der Waals surface area (Å²) in [5.74, 6) is 1.33. The van der Waals surface area contributed by atoms with E-state index in [1.165, 1.54) is 7.11 Å². The van der Waals surface area contributed by atoms with Gasteiger partial charge in [0, 0.05) is 6.07 Å². The molecule has 0 aromatic heterocycles. The van der Waals surface area contributed by atoms with Gasteiger partial charge in [-0.15, -0.1) is 0 Å². The summed E-state index contributed by atoms with van der Waals surface area (Å²) in [6.07, 6.45) is 0. The van der Waals surface area contributed by atoms with Crippen LogP contribution in [0.2, 0.25) is 0 Å². The van der Waals surface area contributed by atoms with E-state index in [1.54, 1.807) is 42.5 Å². The molecule has 0 aliphatic heterocycles. The molecule has 0 bridgehead atoms. The molecule has 0 atom stereocenters. The number of phenols is 1. The Morgan fingerprint density at radius 2 is 1.84 bits per heavy atom. The van der Waals surface area contributed by atoms with Crippen molar-refractivity contribution in [1.29, 1.82) is 5.26 Å². The highest BCUT2D eigenvalue weighted by Crippen LogP contribution is 2.28. The Kier molecular flexibility index (Phi) is 3.89. The maximum absolute atomic E-state index is 9.19. The number of phenolic OH excluding ortho intramolecular Hbond substituents is 1. The Balaban J connectivity index is 2.11. The standard InChI is InChI=1S/C15H13NO3/c1-18-15-8-12(9-16)4-7-14(15)19-10-11-2-5-13(17)6-3-11/h2-8,17H,10H2,1H3. The minimum atomic E-state index is 0.222. The molecular formula is C15H13NO3. The van der Waals surface area contributed by atoms with Crippen LogP contribution in [-0.4, -0.2) is 12.2 Å². The highest BCUT2D eigenvalue weighted by molar-refractivity contribution is 5.46. The first kappa shape index (κ1) is 12.8. The van der Waals surface area contributed by atoms with Crippen LogP contribution < -0.4 is 9.47 Å². The molecule has 0 unspecified atom stereocenters. The number of methoxy groups -OCH3 is 1. The van der Waals surface area contributed by atoms with Crippen LogP contribution in [0.1, 0.15) is 11.1 Å². The highest BCUT2D eigenvalue weighted by atomic mass is 16.5. The van der Waals surface area contributed by atoms with Crippen LogP contribution in [0.4, 0.5) is 0 Å². The maximum atomic E-state index is 9.19. The van der Waals surface area contributed by atoms with Crippen LogP contribution in [0.3, 0.4) is 0 Å². The first-order chi connectivity index (χ1) is 9.22. The molecule has 19 heavy (non-hydrogen) atoms. The number of hydrogen-bond donors (Lipinski definition) is 1. The molecule has 2 rings (SSSR count). The summed E-state index contributed by atoms with van der Waals surface area (Å²) in [4.78, 5) is 0. The monoisotopic (exact) mass is 255 g/mol. The van der Waals surface area contributed by atoms with Gasteiger partial charge in [0.25, 0.3) is 0 Å². The molecule has 0 aliphatic carbocycles. The molecule has 2 aromatic carbocycles. The zero-order valence-electron chi connectivity index (χ0n) is 10.5. The Hall–Kier alpha value is -2.67. The zero-order chi connectivity index (χ0) is 13.7. The number of aromatic hydroxyl groups is 1. The Bertz CT molecular complexity index is 600. The second-order valence-corrected chi connectivity index (χ2v) is 3.93. The molecular weight excluding hydrogens is 242 g/mol. The van der Waals surface area contributed by atoms with Gasteiger partial charge >= 0.3 is 0 Å². The fraction of sp³-hybridized carbons (Fsp3) is 0.133. The van der Waals surface area contributed by atoms with Crippen molar-refractivity contribution in [3.63, 3.8) is 0 Å². The third kappa shape index (κ3) is 3.17. The van der Waals surface area contributed by atoms with E-state index in [2.05, 4.69) is 0 Å². The van der Waals surface area contributed by atoms with Crippen molar-refractivity contribution in [2.75, 3.05) is 7.11 Å². The molecule has 0 saturated heterocycles. The normalized spacial score (nSPS) is 9.68. The lowest BCUT2D eigenvalue weighted by Gasteiger charge is -2.10. The number of ether oxygens (including phenoxy) is 2. The lowest BCUT2D eigenvalue weighted by molar-refractivity contribution is 0.284. The van der Waals surface area contributed by atoms with Gasteiger partial charge in [0.2, 0.25) is 0 Å². The van der Waals surface area contributed by atoms with E-state index in [9.17, 15) is 5.11 Å². The Morgan fingerprint density at radius 3 is 2.47 bits per heavy atom. The second kappa shape index (κ2) is 5.78. The van der Waals surface area contributed by atoms with Gasteiger partial charge in [-0.05, 0) is 29.8 Å². The van der Waals surface area contributed by atoms with Crippen molar-refractivity contribution in [3.05, 3.63) is 53.6 Å². The van der Waals surface area contributed by atoms with E-state index in [1.807, 2.05) is 6.07 Å². The molecule has 2 aromatic rings. The van der Waals surface area contributed by atoms with Gasteiger partial charge in [-0.3, -0.25) is 0 Å². The third-order valence-corrected chi connectivity index (χ3v) is 2.62. The van der Waals surface area contributed by atoms with E-state index in [4.69, 9.17) is 14.7 Å². The number of rotatable bonds is 4. The van der Waals surface area contributed by atoms with Crippen LogP contribution in [0.15, 0.2) is 42.5 Å². The van der Waals surface area contributed by atoms with Crippen LogP contribution in [0.25, 0.3) is 0 Å².